The van der Waals surface area contributed by atoms with E-state index in [4.69, 9.17) is 0 Å². The summed E-state index contributed by atoms with van der Waals surface area (Å²) < 4.78 is 0. The monoisotopic (exact) mass is 160 g/mol. The standard InChI is InChI=1S/C5H8N2S2/c1-4(8)2-5-7-6-3-9-5/h3-4,8H,2H2,1H3. The van der Waals surface area contributed by atoms with Crippen LogP contribution in [0.15, 0.2) is 5.51 Å². The van der Waals surface area contributed by atoms with Crippen LogP contribution < -0.4 is 0 Å². The van der Waals surface area contributed by atoms with Gasteiger partial charge in [-0.2, -0.15) is 12.6 Å². The van der Waals surface area contributed by atoms with Gasteiger partial charge in [-0.1, -0.05) is 6.92 Å². The summed E-state index contributed by atoms with van der Waals surface area (Å²) in [6.07, 6.45) is 0.924. The van der Waals surface area contributed by atoms with Gasteiger partial charge in [-0.05, 0) is 0 Å². The average molecular weight is 160 g/mol. The maximum Gasteiger partial charge on any atom is 0.118 e. The van der Waals surface area contributed by atoms with E-state index < -0.39 is 0 Å². The van der Waals surface area contributed by atoms with Gasteiger partial charge in [0.1, 0.15) is 10.5 Å². The van der Waals surface area contributed by atoms with Crippen LogP contribution in [0.4, 0.5) is 0 Å². The SMILES string of the molecule is CC(S)Cc1nncs1. The van der Waals surface area contributed by atoms with E-state index in [1.165, 1.54) is 0 Å². The Bertz CT molecular complexity index is 159. The van der Waals surface area contributed by atoms with E-state index in [2.05, 4.69) is 22.8 Å². The highest BCUT2D eigenvalue weighted by atomic mass is 32.1. The average Bonchev–Trinajstić information content (AvgIpc) is 2.15. The minimum absolute atomic E-state index is 0.387. The van der Waals surface area contributed by atoms with Gasteiger partial charge in [0, 0.05) is 11.7 Å². The summed E-state index contributed by atoms with van der Waals surface area (Å²) in [6.45, 7) is 2.05. The molecule has 0 saturated heterocycles. The smallest absolute Gasteiger partial charge is 0.118 e. The summed E-state index contributed by atoms with van der Waals surface area (Å²) in [5, 5.41) is 9.04. The Morgan fingerprint density at radius 3 is 3.11 bits per heavy atom. The van der Waals surface area contributed by atoms with E-state index in [0.29, 0.717) is 5.25 Å². The molecular formula is C5H8N2S2. The molecule has 0 bridgehead atoms. The fourth-order valence-corrected chi connectivity index (χ4v) is 1.49. The van der Waals surface area contributed by atoms with Crippen molar-refractivity contribution < 1.29 is 0 Å². The predicted octanol–water partition coefficient (Wildman–Crippen LogP) is 1.40. The van der Waals surface area contributed by atoms with Crippen molar-refractivity contribution in [2.45, 2.75) is 18.6 Å². The first-order chi connectivity index (χ1) is 4.29. The minimum atomic E-state index is 0.387. The third-order valence-electron chi connectivity index (χ3n) is 0.875. The van der Waals surface area contributed by atoms with Crippen LogP contribution in [-0.2, 0) is 6.42 Å². The molecule has 0 spiro atoms. The van der Waals surface area contributed by atoms with Crippen LogP contribution in [0.5, 0.6) is 0 Å². The second-order valence-electron chi connectivity index (χ2n) is 1.89. The van der Waals surface area contributed by atoms with Crippen molar-refractivity contribution in [1.29, 1.82) is 0 Å². The molecule has 1 rings (SSSR count). The van der Waals surface area contributed by atoms with Crippen molar-refractivity contribution in [2.75, 3.05) is 0 Å². The molecule has 0 amide bonds. The number of thiol groups is 1. The molecular weight excluding hydrogens is 152 g/mol. The highest BCUT2D eigenvalue weighted by molar-refractivity contribution is 7.80. The fourth-order valence-electron chi connectivity index (χ4n) is 0.538. The maximum absolute atomic E-state index is 4.22. The van der Waals surface area contributed by atoms with Crippen LogP contribution in [-0.4, -0.2) is 15.4 Å². The summed E-state index contributed by atoms with van der Waals surface area (Å²) in [5.41, 5.74) is 1.74. The molecule has 0 aliphatic heterocycles. The fraction of sp³-hybridized carbons (Fsp3) is 0.600. The van der Waals surface area contributed by atoms with E-state index in [9.17, 15) is 0 Å². The zero-order chi connectivity index (χ0) is 6.69. The van der Waals surface area contributed by atoms with Crippen LogP contribution in [0.2, 0.25) is 0 Å². The van der Waals surface area contributed by atoms with Crippen molar-refractivity contribution in [2.24, 2.45) is 0 Å². The Labute approximate surface area is 63.7 Å². The molecule has 1 unspecified atom stereocenters. The number of nitrogens with zero attached hydrogens (tertiary/aromatic N) is 2. The zero-order valence-electron chi connectivity index (χ0n) is 5.11. The summed E-state index contributed by atoms with van der Waals surface area (Å²) in [4.78, 5) is 0. The molecule has 1 aromatic rings. The molecule has 1 heterocycles. The number of rotatable bonds is 2. The molecule has 0 aromatic carbocycles. The lowest BCUT2D eigenvalue weighted by molar-refractivity contribution is 0.899. The molecule has 0 N–H and O–H groups in total. The molecule has 0 fully saturated rings. The van der Waals surface area contributed by atoms with Gasteiger partial charge in [-0.25, -0.2) is 0 Å². The quantitative estimate of drug-likeness (QED) is 0.662. The number of aromatic nitrogens is 2. The maximum atomic E-state index is 4.22. The molecule has 0 aliphatic carbocycles. The number of hydrogen-bond donors (Lipinski definition) is 1. The summed E-state index contributed by atoms with van der Waals surface area (Å²) in [6, 6.07) is 0. The van der Waals surface area contributed by atoms with Crippen LogP contribution in [0.3, 0.4) is 0 Å². The van der Waals surface area contributed by atoms with Crippen LogP contribution in [0.1, 0.15) is 11.9 Å². The molecule has 50 valence electrons. The van der Waals surface area contributed by atoms with Crippen molar-refractivity contribution >= 4 is 24.0 Å². The van der Waals surface area contributed by atoms with Crippen molar-refractivity contribution in [3.8, 4) is 0 Å². The van der Waals surface area contributed by atoms with Gasteiger partial charge < -0.3 is 0 Å². The first-order valence-electron chi connectivity index (χ1n) is 2.72. The minimum Gasteiger partial charge on any atom is -0.176 e. The second kappa shape index (κ2) is 3.17. The van der Waals surface area contributed by atoms with Crippen molar-refractivity contribution in [3.63, 3.8) is 0 Å². The third kappa shape index (κ3) is 2.32. The summed E-state index contributed by atoms with van der Waals surface area (Å²) in [7, 11) is 0. The Hall–Kier alpha value is -0.0900. The van der Waals surface area contributed by atoms with Gasteiger partial charge in [-0.15, -0.1) is 21.5 Å². The summed E-state index contributed by atoms with van der Waals surface area (Å²) >= 11 is 5.80. The largest absolute Gasteiger partial charge is 0.176 e. The lowest BCUT2D eigenvalue weighted by Crippen LogP contribution is -1.95. The molecule has 0 saturated carbocycles. The Balaban J connectivity index is 2.48. The molecule has 1 aromatic heterocycles. The van der Waals surface area contributed by atoms with E-state index in [-0.39, 0.29) is 0 Å². The Morgan fingerprint density at radius 1 is 1.89 bits per heavy atom. The molecule has 0 aliphatic rings. The topological polar surface area (TPSA) is 25.8 Å². The van der Waals surface area contributed by atoms with Gasteiger partial charge in [0.15, 0.2) is 0 Å². The van der Waals surface area contributed by atoms with E-state index in [1.807, 2.05) is 6.92 Å². The van der Waals surface area contributed by atoms with Gasteiger partial charge in [0.25, 0.3) is 0 Å². The lowest BCUT2D eigenvalue weighted by atomic mass is 10.3. The Morgan fingerprint density at radius 2 is 2.67 bits per heavy atom. The van der Waals surface area contributed by atoms with E-state index >= 15 is 0 Å². The molecule has 9 heavy (non-hydrogen) atoms. The summed E-state index contributed by atoms with van der Waals surface area (Å²) in [5.74, 6) is 0. The molecule has 1 atom stereocenters. The van der Waals surface area contributed by atoms with Crippen LogP contribution >= 0.6 is 24.0 Å². The third-order valence-corrected chi connectivity index (χ3v) is 1.78. The van der Waals surface area contributed by atoms with Crippen LogP contribution in [0, 0.1) is 0 Å². The van der Waals surface area contributed by atoms with E-state index in [1.54, 1.807) is 16.8 Å². The second-order valence-corrected chi connectivity index (χ2v) is 3.68. The van der Waals surface area contributed by atoms with Gasteiger partial charge in [-0.3, -0.25) is 0 Å². The van der Waals surface area contributed by atoms with Crippen molar-refractivity contribution in [3.05, 3.63) is 10.5 Å². The lowest BCUT2D eigenvalue weighted by Gasteiger charge is -1.95. The van der Waals surface area contributed by atoms with Gasteiger partial charge >= 0.3 is 0 Å². The predicted molar refractivity (Wildman–Crippen MR) is 42.1 cm³/mol. The Kier molecular flexibility index (Phi) is 2.48. The van der Waals surface area contributed by atoms with Crippen molar-refractivity contribution in [1.82, 2.24) is 10.2 Å². The van der Waals surface area contributed by atoms with Gasteiger partial charge in [0.2, 0.25) is 0 Å². The normalized spacial score (nSPS) is 13.6. The molecule has 4 heteroatoms. The highest BCUT2D eigenvalue weighted by Crippen LogP contribution is 2.07. The van der Waals surface area contributed by atoms with Gasteiger partial charge in [0.05, 0.1) is 0 Å². The number of hydrogen-bond acceptors (Lipinski definition) is 4. The molecule has 0 radical (unpaired) electrons. The van der Waals surface area contributed by atoms with E-state index in [0.717, 1.165) is 11.4 Å². The molecule has 2 nitrogen and oxygen atoms in total. The zero-order valence-corrected chi connectivity index (χ0v) is 6.82. The first kappa shape index (κ1) is 7.02. The first-order valence-corrected chi connectivity index (χ1v) is 4.12. The highest BCUT2D eigenvalue weighted by Gasteiger charge is 1.99. The van der Waals surface area contributed by atoms with Crippen LogP contribution in [0.25, 0.3) is 0 Å².